The maximum atomic E-state index is 10.3. The molecule has 0 fully saturated rings. The van der Waals surface area contributed by atoms with E-state index in [1.807, 2.05) is 35.7 Å². The number of aldehydes is 1. The van der Waals surface area contributed by atoms with Crippen LogP contribution in [0.4, 0.5) is 0 Å². The number of hydrogen-bond donors (Lipinski definition) is 0. The quantitative estimate of drug-likeness (QED) is 0.588. The van der Waals surface area contributed by atoms with Gasteiger partial charge in [-0.3, -0.25) is 4.79 Å². The van der Waals surface area contributed by atoms with Crippen LogP contribution in [0.15, 0.2) is 47.9 Å². The number of carbonyl (C=O) groups is 1. The topological polar surface area (TPSA) is 17.1 Å². The first kappa shape index (κ1) is 11.1. The van der Waals surface area contributed by atoms with Crippen LogP contribution in [0.1, 0.15) is 5.56 Å². The van der Waals surface area contributed by atoms with Gasteiger partial charge in [-0.05, 0) is 28.6 Å². The molecule has 1 heterocycles. The van der Waals surface area contributed by atoms with Crippen molar-refractivity contribution in [3.05, 3.63) is 53.4 Å². The number of allylic oxidation sites excluding steroid dienone is 1. The van der Waals surface area contributed by atoms with E-state index < -0.39 is 0 Å². The van der Waals surface area contributed by atoms with E-state index >= 15 is 0 Å². The highest BCUT2D eigenvalue weighted by Gasteiger charge is 2.00. The fraction of sp³-hybridized carbons (Fsp3) is 0. The van der Waals surface area contributed by atoms with Crippen LogP contribution < -0.4 is 0 Å². The van der Waals surface area contributed by atoms with Crippen molar-refractivity contribution in [3.8, 4) is 10.4 Å². The van der Waals surface area contributed by atoms with Crippen molar-refractivity contribution < 1.29 is 4.79 Å². The summed E-state index contributed by atoms with van der Waals surface area (Å²) in [5.74, 6) is 0. The number of halogens is 1. The monoisotopic (exact) mass is 248 g/mol. The Balaban J connectivity index is 2.30. The molecule has 0 amide bonds. The SMILES string of the molecule is O=CC=C(Cl)c1ccc(-c2cccs2)cc1. The lowest BCUT2D eigenvalue weighted by Crippen LogP contribution is -1.78. The maximum absolute atomic E-state index is 10.3. The van der Waals surface area contributed by atoms with Crippen molar-refractivity contribution in [2.45, 2.75) is 0 Å². The fourth-order valence-electron chi connectivity index (χ4n) is 1.39. The normalized spacial score (nSPS) is 11.4. The highest BCUT2D eigenvalue weighted by atomic mass is 35.5. The molecule has 0 aliphatic heterocycles. The molecule has 0 bridgehead atoms. The second-order valence-corrected chi connectivity index (χ2v) is 4.56. The third-order valence-electron chi connectivity index (χ3n) is 2.18. The number of rotatable bonds is 3. The van der Waals surface area contributed by atoms with Crippen LogP contribution in [0.3, 0.4) is 0 Å². The Hall–Kier alpha value is -1.38. The van der Waals surface area contributed by atoms with Gasteiger partial charge in [-0.25, -0.2) is 0 Å². The molecule has 0 aliphatic rings. The molecule has 1 aromatic carbocycles. The molecule has 1 aromatic heterocycles. The smallest absolute Gasteiger partial charge is 0.144 e. The summed E-state index contributed by atoms with van der Waals surface area (Å²) in [4.78, 5) is 11.5. The summed E-state index contributed by atoms with van der Waals surface area (Å²) >= 11 is 7.61. The summed E-state index contributed by atoms with van der Waals surface area (Å²) in [6, 6.07) is 11.9. The fourth-order valence-corrected chi connectivity index (χ4v) is 2.30. The Kier molecular flexibility index (Phi) is 3.54. The molecule has 80 valence electrons. The van der Waals surface area contributed by atoms with Crippen molar-refractivity contribution in [2.75, 3.05) is 0 Å². The molecule has 0 radical (unpaired) electrons. The molecular formula is C13H9ClOS. The minimum absolute atomic E-state index is 0.465. The molecule has 2 aromatic rings. The van der Waals surface area contributed by atoms with E-state index in [9.17, 15) is 4.79 Å². The molecular weight excluding hydrogens is 240 g/mol. The van der Waals surface area contributed by atoms with Gasteiger partial charge < -0.3 is 0 Å². The zero-order chi connectivity index (χ0) is 11.4. The molecule has 16 heavy (non-hydrogen) atoms. The molecule has 3 heteroatoms. The van der Waals surface area contributed by atoms with E-state index in [1.54, 1.807) is 11.3 Å². The number of hydrogen-bond acceptors (Lipinski definition) is 2. The first-order chi connectivity index (χ1) is 7.81. The Morgan fingerprint density at radius 2 is 1.94 bits per heavy atom. The van der Waals surface area contributed by atoms with Crippen molar-refractivity contribution >= 4 is 34.3 Å². The van der Waals surface area contributed by atoms with Crippen LogP contribution in [0, 0.1) is 0 Å². The van der Waals surface area contributed by atoms with Gasteiger partial charge in [-0.1, -0.05) is 41.9 Å². The molecule has 1 nitrogen and oxygen atoms in total. The van der Waals surface area contributed by atoms with Gasteiger partial charge in [0.05, 0.1) is 5.03 Å². The minimum Gasteiger partial charge on any atom is -0.299 e. The second-order valence-electron chi connectivity index (χ2n) is 3.21. The number of carbonyl (C=O) groups excluding carboxylic acids is 1. The molecule has 2 rings (SSSR count). The highest BCUT2D eigenvalue weighted by Crippen LogP contribution is 2.27. The van der Waals surface area contributed by atoms with E-state index in [-0.39, 0.29) is 0 Å². The Morgan fingerprint density at radius 1 is 1.19 bits per heavy atom. The Morgan fingerprint density at radius 3 is 2.50 bits per heavy atom. The first-order valence-corrected chi connectivity index (χ1v) is 6.02. The summed E-state index contributed by atoms with van der Waals surface area (Å²) in [6.45, 7) is 0. The standard InChI is InChI=1S/C13H9ClOS/c14-12(7-8-15)10-3-5-11(6-4-10)13-2-1-9-16-13/h1-9H. The third kappa shape index (κ3) is 2.40. The van der Waals surface area contributed by atoms with Gasteiger partial charge in [-0.2, -0.15) is 0 Å². The second kappa shape index (κ2) is 5.10. The number of thiophene rings is 1. The van der Waals surface area contributed by atoms with E-state index in [2.05, 4.69) is 6.07 Å². The van der Waals surface area contributed by atoms with Gasteiger partial charge in [0.15, 0.2) is 0 Å². The molecule has 0 aliphatic carbocycles. The van der Waals surface area contributed by atoms with Gasteiger partial charge in [-0.15, -0.1) is 11.3 Å². The number of benzene rings is 1. The van der Waals surface area contributed by atoms with Gasteiger partial charge in [0.1, 0.15) is 6.29 Å². The summed E-state index contributed by atoms with van der Waals surface area (Å²) in [7, 11) is 0. The van der Waals surface area contributed by atoms with Crippen LogP contribution in [-0.4, -0.2) is 6.29 Å². The zero-order valence-electron chi connectivity index (χ0n) is 8.39. The van der Waals surface area contributed by atoms with Crippen molar-refractivity contribution in [1.29, 1.82) is 0 Å². The molecule has 0 N–H and O–H groups in total. The zero-order valence-corrected chi connectivity index (χ0v) is 9.96. The minimum atomic E-state index is 0.465. The van der Waals surface area contributed by atoms with Crippen LogP contribution in [0.5, 0.6) is 0 Å². The van der Waals surface area contributed by atoms with Gasteiger partial charge >= 0.3 is 0 Å². The molecule has 0 spiro atoms. The van der Waals surface area contributed by atoms with E-state index in [4.69, 9.17) is 11.6 Å². The average molecular weight is 249 g/mol. The first-order valence-electron chi connectivity index (χ1n) is 4.76. The van der Waals surface area contributed by atoms with Crippen LogP contribution in [-0.2, 0) is 4.79 Å². The molecule has 0 saturated carbocycles. The van der Waals surface area contributed by atoms with Crippen LogP contribution in [0.25, 0.3) is 15.5 Å². The predicted octanol–water partition coefficient (Wildman–Crippen LogP) is 4.19. The van der Waals surface area contributed by atoms with Crippen molar-refractivity contribution in [1.82, 2.24) is 0 Å². The lowest BCUT2D eigenvalue weighted by atomic mass is 10.1. The van der Waals surface area contributed by atoms with E-state index in [0.29, 0.717) is 11.3 Å². The highest BCUT2D eigenvalue weighted by molar-refractivity contribution is 7.13. The third-order valence-corrected chi connectivity index (χ3v) is 3.44. The predicted molar refractivity (Wildman–Crippen MR) is 69.6 cm³/mol. The van der Waals surface area contributed by atoms with Crippen molar-refractivity contribution in [3.63, 3.8) is 0 Å². The molecule has 0 unspecified atom stereocenters. The summed E-state index contributed by atoms with van der Waals surface area (Å²) < 4.78 is 0. The maximum Gasteiger partial charge on any atom is 0.144 e. The van der Waals surface area contributed by atoms with Crippen molar-refractivity contribution in [2.24, 2.45) is 0 Å². The Bertz CT molecular complexity index is 497. The van der Waals surface area contributed by atoms with Crippen LogP contribution >= 0.6 is 22.9 Å². The van der Waals surface area contributed by atoms with Gasteiger partial charge in [0.25, 0.3) is 0 Å². The Labute approximate surface area is 103 Å². The lowest BCUT2D eigenvalue weighted by Gasteiger charge is -2.00. The average Bonchev–Trinajstić information content (AvgIpc) is 2.83. The largest absolute Gasteiger partial charge is 0.299 e. The molecule has 0 atom stereocenters. The lowest BCUT2D eigenvalue weighted by molar-refractivity contribution is -0.104. The van der Waals surface area contributed by atoms with Gasteiger partial charge in [0.2, 0.25) is 0 Å². The van der Waals surface area contributed by atoms with E-state index in [1.165, 1.54) is 11.0 Å². The van der Waals surface area contributed by atoms with Crippen LogP contribution in [0.2, 0.25) is 0 Å². The summed E-state index contributed by atoms with van der Waals surface area (Å²) in [6.07, 6.45) is 2.04. The molecule has 0 saturated heterocycles. The summed E-state index contributed by atoms with van der Waals surface area (Å²) in [5, 5.41) is 2.51. The van der Waals surface area contributed by atoms with Gasteiger partial charge in [0, 0.05) is 4.88 Å². The van der Waals surface area contributed by atoms with E-state index in [0.717, 1.165) is 11.1 Å². The summed E-state index contributed by atoms with van der Waals surface area (Å²) in [5.41, 5.74) is 2.02.